The van der Waals surface area contributed by atoms with Gasteiger partial charge in [-0.1, -0.05) is 41.9 Å². The maximum atomic E-state index is 12.8. The number of methoxy groups -OCH3 is 1. The van der Waals surface area contributed by atoms with Crippen LogP contribution in [0.5, 0.6) is 5.88 Å². The van der Waals surface area contributed by atoms with Gasteiger partial charge in [-0.3, -0.25) is 4.79 Å². The highest BCUT2D eigenvalue weighted by atomic mass is 35.5. The Bertz CT molecular complexity index is 1780. The molecule has 0 saturated carbocycles. The van der Waals surface area contributed by atoms with E-state index in [2.05, 4.69) is 21.5 Å². The summed E-state index contributed by atoms with van der Waals surface area (Å²) in [6.07, 6.45) is 6.46. The highest BCUT2D eigenvalue weighted by Crippen LogP contribution is 2.41. The van der Waals surface area contributed by atoms with Crippen molar-refractivity contribution < 1.29 is 4.74 Å². The number of halogens is 1. The fraction of sp³-hybridized carbons (Fsp3) is 0.200. The maximum Gasteiger partial charge on any atom is 0.278 e. The Balaban J connectivity index is 1.43. The molecule has 6 rings (SSSR count). The number of fused-ring (bicyclic) bond motifs is 2. The third-order valence-electron chi connectivity index (χ3n) is 7.26. The number of hydrogen-bond donors (Lipinski definition) is 1. The van der Waals surface area contributed by atoms with Crippen molar-refractivity contribution in [3.05, 3.63) is 93.0 Å². The van der Waals surface area contributed by atoms with Crippen LogP contribution in [0.25, 0.3) is 33.2 Å². The van der Waals surface area contributed by atoms with Crippen molar-refractivity contribution >= 4 is 33.9 Å². The number of benzene rings is 2. The zero-order valence-electron chi connectivity index (χ0n) is 21.4. The molecule has 5 aromatic rings. The first-order valence-electron chi connectivity index (χ1n) is 12.5. The number of nitrogens with one attached hydrogen (secondary N) is 1. The molecule has 0 atom stereocenters. The zero-order valence-corrected chi connectivity index (χ0v) is 22.1. The average Bonchev–Trinajstić information content (AvgIpc) is 3.41. The summed E-state index contributed by atoms with van der Waals surface area (Å²) in [5.41, 5.74) is 7.64. The van der Waals surface area contributed by atoms with E-state index in [4.69, 9.17) is 21.3 Å². The Labute approximate surface area is 225 Å². The van der Waals surface area contributed by atoms with Crippen LogP contribution in [0.2, 0.25) is 5.02 Å². The Morgan fingerprint density at radius 2 is 1.84 bits per heavy atom. The molecule has 0 fully saturated rings. The van der Waals surface area contributed by atoms with Gasteiger partial charge in [-0.25, -0.2) is 14.6 Å². The Morgan fingerprint density at radius 3 is 2.68 bits per heavy atom. The zero-order chi connectivity index (χ0) is 26.4. The number of ether oxygens (including phenoxy) is 1. The first-order valence-corrected chi connectivity index (χ1v) is 12.9. The molecule has 38 heavy (non-hydrogen) atoms. The van der Waals surface area contributed by atoms with Gasteiger partial charge in [0.15, 0.2) is 0 Å². The summed E-state index contributed by atoms with van der Waals surface area (Å²) in [6, 6.07) is 15.9. The molecule has 190 valence electrons. The number of hydrogen-bond acceptors (Lipinski definition) is 6. The minimum Gasteiger partial charge on any atom is -0.481 e. The third kappa shape index (κ3) is 4.00. The molecular weight excluding hydrogens is 498 g/mol. The highest BCUT2D eigenvalue weighted by Gasteiger charge is 2.21. The first kappa shape index (κ1) is 24.1. The van der Waals surface area contributed by atoms with Crippen molar-refractivity contribution in [1.82, 2.24) is 19.7 Å². The lowest BCUT2D eigenvalue weighted by molar-refractivity contribution is 0.394. The van der Waals surface area contributed by atoms with Gasteiger partial charge in [0.25, 0.3) is 5.56 Å². The minimum absolute atomic E-state index is 0.208. The normalized spacial score (nSPS) is 12.5. The van der Waals surface area contributed by atoms with Gasteiger partial charge in [0.1, 0.15) is 5.82 Å². The second-order valence-electron chi connectivity index (χ2n) is 9.48. The monoisotopic (exact) mass is 523 g/mol. The van der Waals surface area contributed by atoms with E-state index in [1.54, 1.807) is 32.6 Å². The van der Waals surface area contributed by atoms with E-state index < -0.39 is 0 Å². The van der Waals surface area contributed by atoms with Crippen molar-refractivity contribution in [1.29, 1.82) is 0 Å². The van der Waals surface area contributed by atoms with Gasteiger partial charge in [-0.2, -0.15) is 5.10 Å². The minimum atomic E-state index is -0.208. The summed E-state index contributed by atoms with van der Waals surface area (Å²) < 4.78 is 6.93. The van der Waals surface area contributed by atoms with Crippen LogP contribution in [-0.2, 0) is 19.9 Å². The van der Waals surface area contributed by atoms with Gasteiger partial charge in [0.05, 0.1) is 29.4 Å². The fourth-order valence-electron chi connectivity index (χ4n) is 5.25. The summed E-state index contributed by atoms with van der Waals surface area (Å²) in [5, 5.41) is 9.35. The number of anilines is 2. The van der Waals surface area contributed by atoms with E-state index in [1.165, 1.54) is 15.8 Å². The van der Waals surface area contributed by atoms with E-state index in [1.807, 2.05) is 43.3 Å². The topological polar surface area (TPSA) is 81.9 Å². The molecule has 0 amide bonds. The summed E-state index contributed by atoms with van der Waals surface area (Å²) in [4.78, 5) is 22.1. The molecule has 0 aliphatic heterocycles. The third-order valence-corrected chi connectivity index (χ3v) is 7.66. The van der Waals surface area contributed by atoms with E-state index >= 15 is 0 Å². The summed E-state index contributed by atoms with van der Waals surface area (Å²) in [7, 11) is 3.30. The van der Waals surface area contributed by atoms with Gasteiger partial charge in [0.2, 0.25) is 5.88 Å². The van der Waals surface area contributed by atoms with E-state index in [0.717, 1.165) is 58.3 Å². The second kappa shape index (κ2) is 9.58. The standard InChI is InChI=1S/C30H26ClN5O2/c1-17-20(8-6-12-24(17)34-28-26-19(13-14-32-28)16-33-36(2)30(26)37)22-10-5-11-23(27(22)31)25-15-18-7-4-9-21(18)29(35-25)38-3/h5-6,8,10-16H,4,7,9H2,1-3H3,(H,32,34). The molecule has 1 aliphatic carbocycles. The molecule has 3 aromatic heterocycles. The van der Waals surface area contributed by atoms with E-state index in [-0.39, 0.29) is 5.56 Å². The van der Waals surface area contributed by atoms with Crippen LogP contribution in [0.4, 0.5) is 11.5 Å². The molecule has 8 heteroatoms. The van der Waals surface area contributed by atoms with Crippen molar-refractivity contribution in [2.75, 3.05) is 12.4 Å². The first-order chi connectivity index (χ1) is 18.5. The molecule has 3 heterocycles. The molecule has 2 aromatic carbocycles. The van der Waals surface area contributed by atoms with E-state index in [0.29, 0.717) is 22.1 Å². The van der Waals surface area contributed by atoms with Crippen LogP contribution in [0.1, 0.15) is 23.1 Å². The number of nitrogens with zero attached hydrogens (tertiary/aromatic N) is 4. The van der Waals surface area contributed by atoms with Gasteiger partial charge in [-0.05, 0) is 61.1 Å². The van der Waals surface area contributed by atoms with Crippen molar-refractivity contribution in [3.8, 4) is 28.3 Å². The smallest absolute Gasteiger partial charge is 0.278 e. The van der Waals surface area contributed by atoms with Gasteiger partial charge in [-0.15, -0.1) is 0 Å². The lowest BCUT2D eigenvalue weighted by atomic mass is 9.96. The predicted molar refractivity (Wildman–Crippen MR) is 151 cm³/mol. The van der Waals surface area contributed by atoms with Gasteiger partial charge < -0.3 is 10.1 Å². The average molecular weight is 524 g/mol. The van der Waals surface area contributed by atoms with Gasteiger partial charge >= 0.3 is 0 Å². The molecule has 0 spiro atoms. The molecule has 0 saturated heterocycles. The van der Waals surface area contributed by atoms with Crippen molar-refractivity contribution in [2.45, 2.75) is 26.2 Å². The van der Waals surface area contributed by atoms with Crippen LogP contribution in [0.15, 0.2) is 65.7 Å². The van der Waals surface area contributed by atoms with Crippen LogP contribution in [0, 0.1) is 6.92 Å². The Morgan fingerprint density at radius 1 is 1.05 bits per heavy atom. The Kier molecular flexibility index (Phi) is 6.08. The van der Waals surface area contributed by atoms with Gasteiger partial charge in [0, 0.05) is 41.0 Å². The molecule has 0 radical (unpaired) electrons. The Hall–Kier alpha value is -4.23. The summed E-state index contributed by atoms with van der Waals surface area (Å²) in [6.45, 7) is 2.03. The van der Waals surface area contributed by atoms with Crippen molar-refractivity contribution in [3.63, 3.8) is 0 Å². The molecular formula is C30H26ClN5O2. The predicted octanol–water partition coefficient (Wildman–Crippen LogP) is 6.26. The molecule has 7 nitrogen and oxygen atoms in total. The molecule has 0 bridgehead atoms. The van der Waals surface area contributed by atoms with Crippen LogP contribution < -0.4 is 15.6 Å². The number of rotatable bonds is 5. The SMILES string of the molecule is COc1nc(-c2cccc(-c3cccc(Nc4nccc5cnn(C)c(=O)c45)c3C)c2Cl)cc2c1CCC2. The lowest BCUT2D eigenvalue weighted by Crippen LogP contribution is -2.20. The van der Waals surface area contributed by atoms with E-state index in [9.17, 15) is 4.79 Å². The number of aryl methyl sites for hydroxylation is 2. The summed E-state index contributed by atoms with van der Waals surface area (Å²) in [5.74, 6) is 1.17. The maximum absolute atomic E-state index is 12.8. The van der Waals surface area contributed by atoms with Crippen LogP contribution >= 0.6 is 11.6 Å². The number of aromatic nitrogens is 4. The highest BCUT2D eigenvalue weighted by molar-refractivity contribution is 6.36. The lowest BCUT2D eigenvalue weighted by Gasteiger charge is -2.17. The molecule has 0 unspecified atom stereocenters. The second-order valence-corrected chi connectivity index (χ2v) is 9.85. The number of pyridine rings is 2. The van der Waals surface area contributed by atoms with Crippen molar-refractivity contribution in [2.24, 2.45) is 7.05 Å². The fourth-order valence-corrected chi connectivity index (χ4v) is 5.57. The largest absolute Gasteiger partial charge is 0.481 e. The molecule has 1 N–H and O–H groups in total. The molecule has 1 aliphatic rings. The van der Waals surface area contributed by atoms with Crippen LogP contribution in [-0.4, -0.2) is 26.9 Å². The summed E-state index contributed by atoms with van der Waals surface area (Å²) >= 11 is 7.06. The van der Waals surface area contributed by atoms with Crippen LogP contribution in [0.3, 0.4) is 0 Å². The quantitative estimate of drug-likeness (QED) is 0.293.